The standard InChI is InChI=1S/C57H35NS/c1-12-27-54-37(14-1)34-55(59-54)36-28-30-38(31-29-36)58(39-32-33-44-42-17-3-2-15-40(42)41-16-4-5-18-43(41)49(44)35-39)53-26-13-22-48-47-21-8-11-25-52(47)57(56(48)53)50-23-9-6-19-45(50)46-20-7-10-24-51(46)57/h1-35H. The molecule has 1 aromatic heterocycles. The first-order valence-electron chi connectivity index (χ1n) is 20.4. The van der Waals surface area contributed by atoms with E-state index in [9.17, 15) is 0 Å². The van der Waals surface area contributed by atoms with Crippen LogP contribution in [0.2, 0.25) is 0 Å². The molecule has 13 rings (SSSR count). The molecule has 0 aliphatic heterocycles. The second kappa shape index (κ2) is 12.4. The molecule has 11 aromatic rings. The smallest absolute Gasteiger partial charge is 0.0746 e. The van der Waals surface area contributed by atoms with Gasteiger partial charge in [0.05, 0.1) is 11.1 Å². The first-order chi connectivity index (χ1) is 29.3. The summed E-state index contributed by atoms with van der Waals surface area (Å²) >= 11 is 1.86. The minimum absolute atomic E-state index is 0.495. The average Bonchev–Trinajstić information content (AvgIpc) is 3.97. The molecule has 1 heterocycles. The van der Waals surface area contributed by atoms with Crippen LogP contribution < -0.4 is 4.90 Å². The quantitative estimate of drug-likeness (QED) is 0.161. The van der Waals surface area contributed by atoms with E-state index in [-0.39, 0.29) is 0 Å². The highest BCUT2D eigenvalue weighted by Crippen LogP contribution is 2.65. The number of benzene rings is 10. The maximum absolute atomic E-state index is 2.54. The monoisotopic (exact) mass is 765 g/mol. The van der Waals surface area contributed by atoms with Gasteiger partial charge in [-0.15, -0.1) is 11.3 Å². The third kappa shape index (κ3) is 4.50. The molecule has 0 amide bonds. The van der Waals surface area contributed by atoms with E-state index >= 15 is 0 Å². The summed E-state index contributed by atoms with van der Waals surface area (Å²) in [6.45, 7) is 0. The van der Waals surface area contributed by atoms with Crippen LogP contribution in [0.15, 0.2) is 212 Å². The molecule has 2 heteroatoms. The third-order valence-electron chi connectivity index (χ3n) is 13.1. The predicted molar refractivity (Wildman–Crippen MR) is 251 cm³/mol. The number of rotatable bonds is 4. The Morgan fingerprint density at radius 3 is 1.47 bits per heavy atom. The summed E-state index contributed by atoms with van der Waals surface area (Å²) in [5.74, 6) is 0. The van der Waals surface area contributed by atoms with E-state index in [1.165, 1.54) is 103 Å². The van der Waals surface area contributed by atoms with Gasteiger partial charge in [0.15, 0.2) is 0 Å². The molecule has 1 nitrogen and oxygen atoms in total. The fourth-order valence-electron chi connectivity index (χ4n) is 10.7. The molecule has 0 N–H and O–H groups in total. The second-order valence-electron chi connectivity index (χ2n) is 15.9. The zero-order chi connectivity index (χ0) is 38.7. The molecule has 0 fully saturated rings. The number of hydrogen-bond acceptors (Lipinski definition) is 2. The minimum atomic E-state index is -0.495. The van der Waals surface area contributed by atoms with Gasteiger partial charge in [0.2, 0.25) is 0 Å². The molecule has 0 unspecified atom stereocenters. The maximum atomic E-state index is 2.54. The van der Waals surface area contributed by atoms with Crippen molar-refractivity contribution < 1.29 is 0 Å². The van der Waals surface area contributed by atoms with Crippen LogP contribution in [-0.4, -0.2) is 0 Å². The highest BCUT2D eigenvalue weighted by molar-refractivity contribution is 7.22. The maximum Gasteiger partial charge on any atom is 0.0746 e. The van der Waals surface area contributed by atoms with E-state index in [0.717, 1.165) is 11.4 Å². The molecule has 59 heavy (non-hydrogen) atoms. The van der Waals surface area contributed by atoms with E-state index in [4.69, 9.17) is 0 Å². The van der Waals surface area contributed by atoms with Gasteiger partial charge in [-0.2, -0.15) is 0 Å². The van der Waals surface area contributed by atoms with Crippen molar-refractivity contribution in [3.8, 4) is 32.7 Å². The fraction of sp³-hybridized carbons (Fsp3) is 0.0175. The Balaban J connectivity index is 1.11. The molecular formula is C57H35NS. The van der Waals surface area contributed by atoms with Crippen LogP contribution in [0.5, 0.6) is 0 Å². The lowest BCUT2D eigenvalue weighted by Gasteiger charge is -2.36. The molecule has 0 saturated carbocycles. The number of anilines is 3. The Labute approximate surface area is 346 Å². The molecule has 2 aliphatic carbocycles. The molecule has 0 atom stereocenters. The van der Waals surface area contributed by atoms with Crippen LogP contribution in [-0.2, 0) is 5.41 Å². The molecule has 0 radical (unpaired) electrons. The van der Waals surface area contributed by atoms with E-state index < -0.39 is 5.41 Å². The molecule has 274 valence electrons. The molecular weight excluding hydrogens is 731 g/mol. The van der Waals surface area contributed by atoms with Gasteiger partial charge in [-0.1, -0.05) is 170 Å². The van der Waals surface area contributed by atoms with E-state index in [1.807, 2.05) is 11.3 Å². The van der Waals surface area contributed by atoms with Crippen molar-refractivity contribution in [1.82, 2.24) is 0 Å². The van der Waals surface area contributed by atoms with Gasteiger partial charge in [0.1, 0.15) is 0 Å². The van der Waals surface area contributed by atoms with Gasteiger partial charge in [-0.25, -0.2) is 0 Å². The van der Waals surface area contributed by atoms with Crippen LogP contribution in [0.3, 0.4) is 0 Å². The van der Waals surface area contributed by atoms with Gasteiger partial charge in [0, 0.05) is 26.5 Å². The largest absolute Gasteiger partial charge is 0.310 e. The zero-order valence-corrected chi connectivity index (χ0v) is 32.9. The van der Waals surface area contributed by atoms with Crippen molar-refractivity contribution in [2.45, 2.75) is 5.41 Å². The van der Waals surface area contributed by atoms with Gasteiger partial charge in [-0.05, 0) is 125 Å². The predicted octanol–water partition coefficient (Wildman–Crippen LogP) is 15.8. The summed E-state index contributed by atoms with van der Waals surface area (Å²) in [4.78, 5) is 3.82. The second-order valence-corrected chi connectivity index (χ2v) is 17.0. The summed E-state index contributed by atoms with van der Waals surface area (Å²) in [5, 5.41) is 8.92. The van der Waals surface area contributed by atoms with E-state index in [1.54, 1.807) is 0 Å². The van der Waals surface area contributed by atoms with Crippen molar-refractivity contribution >= 4 is 70.8 Å². The Bertz CT molecular complexity index is 3390. The summed E-state index contributed by atoms with van der Waals surface area (Å²) < 4.78 is 1.31. The lowest BCUT2D eigenvalue weighted by molar-refractivity contribution is 0.793. The molecule has 0 saturated heterocycles. The highest BCUT2D eigenvalue weighted by Gasteiger charge is 2.53. The lowest BCUT2D eigenvalue weighted by Crippen LogP contribution is -2.28. The van der Waals surface area contributed by atoms with Crippen LogP contribution >= 0.6 is 11.3 Å². The summed E-state index contributed by atoms with van der Waals surface area (Å²) in [6.07, 6.45) is 0. The van der Waals surface area contributed by atoms with E-state index in [2.05, 4.69) is 217 Å². The SMILES string of the molecule is c1ccc2c(c1)-c1ccccc1C21c2ccccc2-c2cccc(N(c3ccc(-c4cc5ccccc5s4)cc3)c3ccc4c5ccccc5c5ccccc5c4c3)c21. The van der Waals surface area contributed by atoms with Crippen LogP contribution in [0.4, 0.5) is 17.1 Å². The topological polar surface area (TPSA) is 3.24 Å². The van der Waals surface area contributed by atoms with Gasteiger partial charge in [0.25, 0.3) is 0 Å². The summed E-state index contributed by atoms with van der Waals surface area (Å²) in [5.41, 5.74) is 14.7. The third-order valence-corrected chi connectivity index (χ3v) is 14.2. The van der Waals surface area contributed by atoms with Gasteiger partial charge in [-0.3, -0.25) is 0 Å². The van der Waals surface area contributed by atoms with E-state index in [0.29, 0.717) is 0 Å². The summed E-state index contributed by atoms with van der Waals surface area (Å²) in [7, 11) is 0. The zero-order valence-electron chi connectivity index (χ0n) is 32.1. The average molecular weight is 766 g/mol. The lowest BCUT2D eigenvalue weighted by atomic mass is 9.70. The Morgan fingerprint density at radius 2 is 0.847 bits per heavy atom. The normalized spacial score (nSPS) is 13.2. The Kier molecular flexibility index (Phi) is 6.87. The van der Waals surface area contributed by atoms with Crippen LogP contribution in [0.1, 0.15) is 22.3 Å². The van der Waals surface area contributed by atoms with Crippen molar-refractivity contribution in [1.29, 1.82) is 0 Å². The number of hydrogen-bond donors (Lipinski definition) is 0. The first kappa shape index (κ1) is 32.8. The molecule has 10 aromatic carbocycles. The van der Waals surface area contributed by atoms with Crippen LogP contribution in [0.25, 0.3) is 75.1 Å². The highest BCUT2D eigenvalue weighted by atomic mass is 32.1. The molecule has 1 spiro atoms. The van der Waals surface area contributed by atoms with Gasteiger partial charge < -0.3 is 4.90 Å². The van der Waals surface area contributed by atoms with Gasteiger partial charge >= 0.3 is 0 Å². The summed E-state index contributed by atoms with van der Waals surface area (Å²) in [6, 6.07) is 79.4. The van der Waals surface area contributed by atoms with Crippen molar-refractivity contribution in [3.05, 3.63) is 235 Å². The molecule has 2 aliphatic rings. The van der Waals surface area contributed by atoms with Crippen LogP contribution in [0, 0.1) is 0 Å². The van der Waals surface area contributed by atoms with Crippen molar-refractivity contribution in [2.24, 2.45) is 0 Å². The number of fused-ring (bicyclic) bond motifs is 17. The molecule has 0 bridgehead atoms. The minimum Gasteiger partial charge on any atom is -0.310 e. The Morgan fingerprint density at radius 1 is 0.356 bits per heavy atom. The fourth-order valence-corrected chi connectivity index (χ4v) is 11.7. The Hall–Kier alpha value is -7.26. The first-order valence-corrected chi connectivity index (χ1v) is 21.2. The van der Waals surface area contributed by atoms with Crippen molar-refractivity contribution in [3.63, 3.8) is 0 Å². The number of thiophene rings is 1. The number of nitrogens with zero attached hydrogens (tertiary/aromatic N) is 1. The van der Waals surface area contributed by atoms with Crippen molar-refractivity contribution in [2.75, 3.05) is 4.90 Å².